The van der Waals surface area contributed by atoms with Crippen molar-refractivity contribution in [2.24, 2.45) is 0 Å². The summed E-state index contributed by atoms with van der Waals surface area (Å²) in [5.41, 5.74) is 0. The summed E-state index contributed by atoms with van der Waals surface area (Å²) in [4.78, 5) is 38.4. The van der Waals surface area contributed by atoms with Gasteiger partial charge in [-0.25, -0.2) is 0 Å². The van der Waals surface area contributed by atoms with E-state index in [0.29, 0.717) is 19.3 Å². The van der Waals surface area contributed by atoms with Crippen molar-refractivity contribution in [1.29, 1.82) is 0 Å². The SMILES string of the molecule is CC/C=C\C/C=C\C/C=C\C/C=C\CCCCCCCCCCCCCCCCC(=O)OCC(COC(=O)CCCC/C=C\C/C=C\C/C=C\C/C=C\CC)OC(=O)CCCCCCCCCCCCC/C=C\CCCCCCCCCC. The van der Waals surface area contributed by atoms with Crippen LogP contribution < -0.4 is 0 Å². The molecule has 0 N–H and O–H groups in total. The van der Waals surface area contributed by atoms with E-state index in [-0.39, 0.29) is 31.1 Å². The van der Waals surface area contributed by atoms with Gasteiger partial charge >= 0.3 is 17.9 Å². The highest BCUT2D eigenvalue weighted by Crippen LogP contribution is 2.17. The van der Waals surface area contributed by atoms with Gasteiger partial charge < -0.3 is 14.2 Å². The predicted octanol–water partition coefficient (Wildman–Crippen LogP) is 24.6. The summed E-state index contributed by atoms with van der Waals surface area (Å²) in [7, 11) is 0. The van der Waals surface area contributed by atoms with Gasteiger partial charge in [-0.1, -0.05) is 310 Å². The zero-order valence-corrected chi connectivity index (χ0v) is 54.7. The molecule has 0 saturated carbocycles. The summed E-state index contributed by atoms with van der Waals surface area (Å²) in [6, 6.07) is 0. The Morgan fingerprint density at radius 2 is 0.470 bits per heavy atom. The lowest BCUT2D eigenvalue weighted by Crippen LogP contribution is -2.30. The number of carbonyl (C=O) groups is 3. The molecule has 0 aliphatic heterocycles. The Labute approximate surface area is 514 Å². The summed E-state index contributed by atoms with van der Waals surface area (Å²) in [6.45, 7) is 6.42. The zero-order chi connectivity index (χ0) is 59.9. The predicted molar refractivity (Wildman–Crippen MR) is 362 cm³/mol. The quantitative estimate of drug-likeness (QED) is 0.0261. The van der Waals surface area contributed by atoms with Crippen LogP contribution in [0.3, 0.4) is 0 Å². The lowest BCUT2D eigenvalue weighted by Gasteiger charge is -2.18. The monoisotopic (exact) mass is 1150 g/mol. The highest BCUT2D eigenvalue weighted by Gasteiger charge is 2.19. The van der Waals surface area contributed by atoms with Gasteiger partial charge in [-0.3, -0.25) is 14.4 Å². The minimum Gasteiger partial charge on any atom is -0.462 e. The lowest BCUT2D eigenvalue weighted by atomic mass is 10.0. The first-order valence-corrected chi connectivity index (χ1v) is 35.4. The van der Waals surface area contributed by atoms with Crippen molar-refractivity contribution >= 4 is 17.9 Å². The van der Waals surface area contributed by atoms with Crippen LogP contribution in [0.1, 0.15) is 342 Å². The molecule has 83 heavy (non-hydrogen) atoms. The molecule has 0 radical (unpaired) electrons. The molecule has 6 nitrogen and oxygen atoms in total. The Hall–Kier alpha value is -3.93. The summed E-state index contributed by atoms with van der Waals surface area (Å²) >= 11 is 0. The summed E-state index contributed by atoms with van der Waals surface area (Å²) in [5, 5.41) is 0. The third-order valence-electron chi connectivity index (χ3n) is 15.2. The molecule has 0 heterocycles. The van der Waals surface area contributed by atoms with Crippen molar-refractivity contribution in [2.45, 2.75) is 348 Å². The molecule has 0 aromatic carbocycles. The molecule has 0 aromatic heterocycles. The maximum absolute atomic E-state index is 13.0. The van der Waals surface area contributed by atoms with E-state index >= 15 is 0 Å². The Morgan fingerprint density at radius 3 is 0.771 bits per heavy atom. The fraction of sp³-hybridized carbons (Fsp3) is 0.727. The molecule has 0 bridgehead atoms. The molecule has 1 atom stereocenters. The molecular formula is C77H132O6. The molecule has 0 rings (SSSR count). The number of unbranched alkanes of at least 4 members (excludes halogenated alkanes) is 35. The van der Waals surface area contributed by atoms with Gasteiger partial charge in [0.05, 0.1) is 0 Å². The minimum atomic E-state index is -0.798. The van der Waals surface area contributed by atoms with E-state index in [0.717, 1.165) is 109 Å². The van der Waals surface area contributed by atoms with Gasteiger partial charge in [-0.15, -0.1) is 0 Å². The number of hydrogen-bond donors (Lipinski definition) is 0. The number of carbonyl (C=O) groups excluding carboxylic acids is 3. The maximum atomic E-state index is 13.0. The number of esters is 3. The Bertz CT molecular complexity index is 1660. The van der Waals surface area contributed by atoms with Gasteiger partial charge in [-0.2, -0.15) is 0 Å². The van der Waals surface area contributed by atoms with E-state index in [4.69, 9.17) is 14.2 Å². The Morgan fingerprint density at radius 1 is 0.253 bits per heavy atom. The van der Waals surface area contributed by atoms with Crippen LogP contribution in [0.4, 0.5) is 0 Å². The maximum Gasteiger partial charge on any atom is 0.306 e. The molecular weight excluding hydrogens is 1020 g/mol. The molecule has 0 fully saturated rings. The summed E-state index contributed by atoms with van der Waals surface area (Å²) < 4.78 is 17.0. The van der Waals surface area contributed by atoms with Crippen LogP contribution in [-0.2, 0) is 28.6 Å². The third-order valence-corrected chi connectivity index (χ3v) is 15.2. The second-order valence-corrected chi connectivity index (χ2v) is 23.4. The standard InChI is InChI=1S/C77H132O6/c1-4-7-10-13-16-19-22-25-28-30-32-34-36-37-38-39-41-42-44-46-49-52-55-58-61-64-67-70-76(79)82-73-74(72-81-75(78)69-66-63-60-57-54-51-48-27-24-21-18-15-12-9-6-3)83-77(80)71-68-65-62-59-56-53-50-47-45-43-40-35-33-31-29-26-23-20-17-14-11-8-5-2/h7,9-10,12,16,18-19,21,25,27-28,31-34,48,54,57,74H,4-6,8,11,13-15,17,20,22-24,26,29-30,35-47,49-53,55-56,58-73H2,1-3H3/b10-7-,12-9-,19-16-,21-18-,28-25-,33-31-,34-32-,48-27-,57-54-. The van der Waals surface area contributed by atoms with Crippen molar-refractivity contribution < 1.29 is 28.6 Å². The molecule has 476 valence electrons. The molecule has 6 heteroatoms. The van der Waals surface area contributed by atoms with E-state index < -0.39 is 6.10 Å². The first kappa shape index (κ1) is 79.1. The number of allylic oxidation sites excluding steroid dienone is 18. The van der Waals surface area contributed by atoms with E-state index in [1.165, 1.54) is 193 Å². The van der Waals surface area contributed by atoms with E-state index in [2.05, 4.69) is 130 Å². The smallest absolute Gasteiger partial charge is 0.306 e. The van der Waals surface area contributed by atoms with Gasteiger partial charge in [0, 0.05) is 19.3 Å². The molecule has 0 aliphatic rings. The molecule has 1 unspecified atom stereocenters. The summed E-state index contributed by atoms with van der Waals surface area (Å²) in [6.07, 6.45) is 96.9. The lowest BCUT2D eigenvalue weighted by molar-refractivity contribution is -0.167. The van der Waals surface area contributed by atoms with Crippen LogP contribution in [-0.4, -0.2) is 37.2 Å². The van der Waals surface area contributed by atoms with Crippen molar-refractivity contribution in [3.05, 3.63) is 109 Å². The minimum absolute atomic E-state index is 0.0905. The second-order valence-electron chi connectivity index (χ2n) is 23.4. The first-order chi connectivity index (χ1) is 41.0. The van der Waals surface area contributed by atoms with Crippen LogP contribution in [0.5, 0.6) is 0 Å². The van der Waals surface area contributed by atoms with E-state index in [1.54, 1.807) is 0 Å². The average molecular weight is 1150 g/mol. The van der Waals surface area contributed by atoms with E-state index in [1.807, 2.05) is 0 Å². The van der Waals surface area contributed by atoms with Gasteiger partial charge in [-0.05, 0) is 122 Å². The molecule has 0 aliphatic carbocycles. The second kappa shape index (κ2) is 70.6. The normalized spacial score (nSPS) is 12.8. The topological polar surface area (TPSA) is 78.9 Å². The Kier molecular flexibility index (Phi) is 67.2. The highest BCUT2D eigenvalue weighted by molar-refractivity contribution is 5.71. The van der Waals surface area contributed by atoms with Crippen molar-refractivity contribution in [3.8, 4) is 0 Å². The van der Waals surface area contributed by atoms with Gasteiger partial charge in [0.1, 0.15) is 13.2 Å². The van der Waals surface area contributed by atoms with Crippen molar-refractivity contribution in [2.75, 3.05) is 13.2 Å². The molecule has 0 spiro atoms. The van der Waals surface area contributed by atoms with Gasteiger partial charge in [0.2, 0.25) is 0 Å². The zero-order valence-electron chi connectivity index (χ0n) is 54.7. The van der Waals surface area contributed by atoms with Crippen LogP contribution in [0.25, 0.3) is 0 Å². The fourth-order valence-electron chi connectivity index (χ4n) is 10.0. The van der Waals surface area contributed by atoms with Crippen LogP contribution in [0.15, 0.2) is 109 Å². The van der Waals surface area contributed by atoms with Crippen molar-refractivity contribution in [1.82, 2.24) is 0 Å². The van der Waals surface area contributed by atoms with Crippen molar-refractivity contribution in [3.63, 3.8) is 0 Å². The molecule has 0 aromatic rings. The molecule has 0 saturated heterocycles. The fourth-order valence-corrected chi connectivity index (χ4v) is 10.0. The summed E-state index contributed by atoms with van der Waals surface area (Å²) in [5.74, 6) is -0.921. The number of hydrogen-bond acceptors (Lipinski definition) is 6. The van der Waals surface area contributed by atoms with Crippen LogP contribution in [0.2, 0.25) is 0 Å². The Balaban J connectivity index is 4.33. The van der Waals surface area contributed by atoms with E-state index in [9.17, 15) is 14.4 Å². The average Bonchev–Trinajstić information content (AvgIpc) is 3.49. The number of rotatable bonds is 64. The molecule has 0 amide bonds. The van der Waals surface area contributed by atoms with Gasteiger partial charge in [0.15, 0.2) is 6.10 Å². The van der Waals surface area contributed by atoms with Gasteiger partial charge in [0.25, 0.3) is 0 Å². The number of ether oxygens (including phenoxy) is 3. The first-order valence-electron chi connectivity index (χ1n) is 35.4. The third kappa shape index (κ3) is 68.7. The van der Waals surface area contributed by atoms with Crippen LogP contribution >= 0.6 is 0 Å². The van der Waals surface area contributed by atoms with Crippen LogP contribution in [0, 0.1) is 0 Å². The highest BCUT2D eigenvalue weighted by atomic mass is 16.6. The largest absolute Gasteiger partial charge is 0.462 e.